The van der Waals surface area contributed by atoms with Gasteiger partial charge in [-0.3, -0.25) is 4.79 Å². The zero-order valence-electron chi connectivity index (χ0n) is 10.5. The first kappa shape index (κ1) is 13.0. The van der Waals surface area contributed by atoms with Gasteiger partial charge < -0.3 is 4.90 Å². The van der Waals surface area contributed by atoms with Crippen molar-refractivity contribution in [3.8, 4) is 0 Å². The van der Waals surface area contributed by atoms with Crippen molar-refractivity contribution in [3.05, 3.63) is 35.4 Å². The highest BCUT2D eigenvalue weighted by Crippen LogP contribution is 2.27. The molecule has 0 bridgehead atoms. The number of hydrogen-bond acceptors (Lipinski definition) is 1. The van der Waals surface area contributed by atoms with Crippen LogP contribution in [0.25, 0.3) is 0 Å². The first-order valence-electron chi connectivity index (χ1n) is 6.17. The monoisotopic (exact) mass is 253 g/mol. The van der Waals surface area contributed by atoms with Crippen molar-refractivity contribution in [1.29, 1.82) is 0 Å². The van der Waals surface area contributed by atoms with E-state index < -0.39 is 5.92 Å². The molecule has 0 radical (unpaired) electrons. The van der Waals surface area contributed by atoms with Gasteiger partial charge in [0.15, 0.2) is 0 Å². The Morgan fingerprint density at radius 2 is 1.78 bits per heavy atom. The minimum atomic E-state index is -2.60. The number of benzene rings is 1. The van der Waals surface area contributed by atoms with Crippen molar-refractivity contribution >= 4 is 5.91 Å². The highest BCUT2D eigenvalue weighted by Gasteiger charge is 2.35. The lowest BCUT2D eigenvalue weighted by molar-refractivity contribution is -0.136. The van der Waals surface area contributed by atoms with Gasteiger partial charge in [0, 0.05) is 25.9 Å². The largest absolute Gasteiger partial charge is 0.342 e. The fourth-order valence-electron chi connectivity index (χ4n) is 2.08. The Morgan fingerprint density at radius 1 is 1.22 bits per heavy atom. The van der Waals surface area contributed by atoms with E-state index in [2.05, 4.69) is 0 Å². The number of carbonyl (C=O) groups excluding carboxylic acids is 1. The number of amides is 1. The number of piperidine rings is 1. The van der Waals surface area contributed by atoms with Gasteiger partial charge in [-0.15, -0.1) is 0 Å². The van der Waals surface area contributed by atoms with Crippen LogP contribution in [-0.2, 0) is 11.2 Å². The molecule has 4 heteroatoms. The van der Waals surface area contributed by atoms with Crippen molar-refractivity contribution in [2.45, 2.75) is 32.1 Å². The molecule has 1 aliphatic rings. The highest BCUT2D eigenvalue weighted by molar-refractivity contribution is 5.78. The summed E-state index contributed by atoms with van der Waals surface area (Å²) in [6.45, 7) is 2.31. The molecule has 1 amide bonds. The van der Waals surface area contributed by atoms with E-state index in [1.165, 1.54) is 4.90 Å². The normalized spacial score (nSPS) is 18.7. The molecular formula is C14H17F2NO. The molecule has 2 rings (SSSR count). The molecule has 1 aromatic rings. The van der Waals surface area contributed by atoms with Gasteiger partial charge in [0.2, 0.25) is 5.91 Å². The maximum atomic E-state index is 13.0. The molecule has 0 spiro atoms. The number of rotatable bonds is 2. The molecule has 1 fully saturated rings. The molecule has 0 unspecified atom stereocenters. The van der Waals surface area contributed by atoms with Crippen LogP contribution in [0.15, 0.2) is 24.3 Å². The third kappa shape index (κ3) is 3.28. The van der Waals surface area contributed by atoms with Crippen LogP contribution in [0.1, 0.15) is 24.0 Å². The van der Waals surface area contributed by atoms with Crippen LogP contribution in [-0.4, -0.2) is 29.8 Å². The topological polar surface area (TPSA) is 20.3 Å². The average Bonchev–Trinajstić information content (AvgIpc) is 2.32. The molecule has 1 heterocycles. The number of carbonyl (C=O) groups is 1. The van der Waals surface area contributed by atoms with Crippen LogP contribution in [0, 0.1) is 6.92 Å². The number of halogens is 2. The van der Waals surface area contributed by atoms with E-state index in [0.717, 1.165) is 11.1 Å². The highest BCUT2D eigenvalue weighted by atomic mass is 19.3. The Bertz CT molecular complexity index is 418. The van der Waals surface area contributed by atoms with Crippen molar-refractivity contribution < 1.29 is 13.6 Å². The Hall–Kier alpha value is -1.45. The Labute approximate surface area is 106 Å². The van der Waals surface area contributed by atoms with Crippen molar-refractivity contribution in [1.82, 2.24) is 4.90 Å². The summed E-state index contributed by atoms with van der Waals surface area (Å²) in [5.74, 6) is -2.66. The van der Waals surface area contributed by atoms with Crippen LogP contribution in [0.3, 0.4) is 0 Å². The van der Waals surface area contributed by atoms with Crippen LogP contribution in [0.4, 0.5) is 8.78 Å². The van der Waals surface area contributed by atoms with Gasteiger partial charge in [-0.2, -0.15) is 0 Å². The van der Waals surface area contributed by atoms with E-state index in [1.807, 2.05) is 31.2 Å². The maximum absolute atomic E-state index is 13.0. The zero-order valence-corrected chi connectivity index (χ0v) is 10.5. The van der Waals surface area contributed by atoms with Crippen LogP contribution < -0.4 is 0 Å². The van der Waals surface area contributed by atoms with Crippen LogP contribution in [0.5, 0.6) is 0 Å². The second kappa shape index (κ2) is 5.04. The summed E-state index contributed by atoms with van der Waals surface area (Å²) in [6, 6.07) is 7.72. The predicted octanol–water partition coefficient (Wildman–Crippen LogP) is 2.80. The van der Waals surface area contributed by atoms with Crippen LogP contribution in [0.2, 0.25) is 0 Å². The van der Waals surface area contributed by atoms with E-state index in [4.69, 9.17) is 0 Å². The second-order valence-corrected chi connectivity index (χ2v) is 4.90. The maximum Gasteiger partial charge on any atom is 0.251 e. The first-order valence-corrected chi connectivity index (χ1v) is 6.17. The quantitative estimate of drug-likeness (QED) is 0.793. The molecular weight excluding hydrogens is 236 g/mol. The molecule has 1 aromatic carbocycles. The molecule has 1 saturated heterocycles. The molecule has 0 aliphatic carbocycles. The predicted molar refractivity (Wildman–Crippen MR) is 65.6 cm³/mol. The first-order chi connectivity index (χ1) is 8.46. The van der Waals surface area contributed by atoms with Crippen molar-refractivity contribution in [2.75, 3.05) is 13.1 Å². The molecule has 2 nitrogen and oxygen atoms in total. The van der Waals surface area contributed by atoms with E-state index >= 15 is 0 Å². The lowest BCUT2D eigenvalue weighted by Gasteiger charge is -2.31. The summed E-state index contributed by atoms with van der Waals surface area (Å²) in [5, 5.41) is 0. The van der Waals surface area contributed by atoms with Gasteiger partial charge in [0.05, 0.1) is 6.42 Å². The van der Waals surface area contributed by atoms with Crippen LogP contribution >= 0.6 is 0 Å². The Morgan fingerprint density at radius 3 is 2.33 bits per heavy atom. The molecule has 0 N–H and O–H groups in total. The lowest BCUT2D eigenvalue weighted by atomic mass is 10.0. The molecule has 0 saturated carbocycles. The summed E-state index contributed by atoms with van der Waals surface area (Å²) in [7, 11) is 0. The fourth-order valence-corrected chi connectivity index (χ4v) is 2.08. The smallest absolute Gasteiger partial charge is 0.251 e. The van der Waals surface area contributed by atoms with Gasteiger partial charge in [-0.1, -0.05) is 29.8 Å². The molecule has 98 valence electrons. The second-order valence-electron chi connectivity index (χ2n) is 4.90. The SMILES string of the molecule is Cc1ccc(CC(=O)N2CCC(F)(F)CC2)cc1. The van der Waals surface area contributed by atoms with E-state index in [1.54, 1.807) is 0 Å². The number of hydrogen-bond donors (Lipinski definition) is 0. The minimum Gasteiger partial charge on any atom is -0.342 e. The fraction of sp³-hybridized carbons (Fsp3) is 0.500. The van der Waals surface area contributed by atoms with Crippen molar-refractivity contribution in [2.24, 2.45) is 0 Å². The summed E-state index contributed by atoms with van der Waals surface area (Å²) in [6.07, 6.45) is -0.134. The molecule has 0 atom stereocenters. The number of aryl methyl sites for hydroxylation is 1. The third-order valence-electron chi connectivity index (χ3n) is 3.32. The molecule has 18 heavy (non-hydrogen) atoms. The lowest BCUT2D eigenvalue weighted by Crippen LogP contribution is -2.43. The van der Waals surface area contributed by atoms with E-state index in [0.29, 0.717) is 6.42 Å². The van der Waals surface area contributed by atoms with Gasteiger partial charge >= 0.3 is 0 Å². The van der Waals surface area contributed by atoms with Gasteiger partial charge in [0.25, 0.3) is 5.92 Å². The minimum absolute atomic E-state index is 0.0608. The summed E-state index contributed by atoms with van der Waals surface area (Å²) in [4.78, 5) is 13.5. The molecule has 1 aliphatic heterocycles. The van der Waals surface area contributed by atoms with Crippen molar-refractivity contribution in [3.63, 3.8) is 0 Å². The summed E-state index contributed by atoms with van der Waals surface area (Å²) < 4.78 is 25.9. The number of alkyl halides is 2. The van der Waals surface area contributed by atoms with E-state index in [9.17, 15) is 13.6 Å². The number of likely N-dealkylation sites (tertiary alicyclic amines) is 1. The Kier molecular flexibility index (Phi) is 3.64. The average molecular weight is 253 g/mol. The summed E-state index contributed by atoms with van der Waals surface area (Å²) >= 11 is 0. The standard InChI is InChI=1S/C14H17F2NO/c1-11-2-4-12(5-3-11)10-13(18)17-8-6-14(15,16)7-9-17/h2-5H,6-10H2,1H3. The van der Waals surface area contributed by atoms with Gasteiger partial charge in [-0.25, -0.2) is 8.78 Å². The zero-order chi connectivity index (χ0) is 13.2. The van der Waals surface area contributed by atoms with Gasteiger partial charge in [-0.05, 0) is 12.5 Å². The Balaban J connectivity index is 1.91. The van der Waals surface area contributed by atoms with E-state index in [-0.39, 0.29) is 31.8 Å². The third-order valence-corrected chi connectivity index (χ3v) is 3.32. The molecule has 0 aromatic heterocycles. The van der Waals surface area contributed by atoms with Gasteiger partial charge in [0.1, 0.15) is 0 Å². The number of nitrogens with zero attached hydrogens (tertiary/aromatic N) is 1. The summed E-state index contributed by atoms with van der Waals surface area (Å²) in [5.41, 5.74) is 2.08.